The molecule has 2 N–H and O–H groups in total. The Hall–Kier alpha value is -0.380. The Balaban J connectivity index is 1.47. The lowest BCUT2D eigenvalue weighted by molar-refractivity contribution is -0.0558. The smallest absolute Gasteiger partial charge is 0.111 e. The zero-order valence-corrected chi connectivity index (χ0v) is 15.1. The molecule has 4 aliphatic carbocycles. The van der Waals surface area contributed by atoms with E-state index in [1.54, 1.807) is 5.57 Å². The van der Waals surface area contributed by atoms with Crippen LogP contribution >= 0.6 is 0 Å². The van der Waals surface area contributed by atoms with E-state index in [4.69, 9.17) is 4.74 Å². The predicted molar refractivity (Wildman–Crippen MR) is 92.4 cm³/mol. The van der Waals surface area contributed by atoms with Crippen molar-refractivity contribution < 1.29 is 14.9 Å². The van der Waals surface area contributed by atoms with Gasteiger partial charge in [0.05, 0.1) is 12.7 Å². The number of fused-ring (bicyclic) bond motifs is 6. The Morgan fingerprint density at radius 2 is 1.92 bits per heavy atom. The monoisotopic (exact) mass is 332 g/mol. The third kappa shape index (κ3) is 1.74. The fourth-order valence-electron chi connectivity index (χ4n) is 7.80. The van der Waals surface area contributed by atoms with Crippen LogP contribution in [-0.2, 0) is 4.74 Å². The van der Waals surface area contributed by atoms with Crippen LogP contribution in [0, 0.1) is 28.6 Å². The first kappa shape index (κ1) is 15.8. The predicted octanol–water partition coefficient (Wildman–Crippen LogP) is 3.44. The summed E-state index contributed by atoms with van der Waals surface area (Å²) in [5.41, 5.74) is 2.12. The van der Waals surface area contributed by atoms with E-state index in [2.05, 4.69) is 19.9 Å². The van der Waals surface area contributed by atoms with Crippen molar-refractivity contribution >= 4 is 0 Å². The quantitative estimate of drug-likeness (QED) is 0.571. The van der Waals surface area contributed by atoms with E-state index in [-0.39, 0.29) is 29.8 Å². The van der Waals surface area contributed by atoms with E-state index >= 15 is 0 Å². The van der Waals surface area contributed by atoms with Crippen molar-refractivity contribution in [3.05, 3.63) is 11.6 Å². The van der Waals surface area contributed by atoms with Crippen molar-refractivity contribution in [3.8, 4) is 0 Å². The molecule has 0 radical (unpaired) electrons. The van der Waals surface area contributed by atoms with Crippen LogP contribution in [0.5, 0.6) is 0 Å². The van der Waals surface area contributed by atoms with Gasteiger partial charge >= 0.3 is 0 Å². The molecule has 1 saturated heterocycles. The first-order chi connectivity index (χ1) is 11.4. The van der Waals surface area contributed by atoms with Crippen LogP contribution in [0.4, 0.5) is 0 Å². The molecule has 3 nitrogen and oxygen atoms in total. The molecule has 3 saturated carbocycles. The molecule has 1 spiro atoms. The molecule has 0 aromatic rings. The molecule has 1 aliphatic heterocycles. The summed E-state index contributed by atoms with van der Waals surface area (Å²) in [5, 5.41) is 19.7. The minimum atomic E-state index is -0.116. The van der Waals surface area contributed by atoms with Crippen molar-refractivity contribution in [1.82, 2.24) is 0 Å². The van der Waals surface area contributed by atoms with Gasteiger partial charge in [-0.1, -0.05) is 25.5 Å². The summed E-state index contributed by atoms with van der Waals surface area (Å²) in [7, 11) is 0. The number of ether oxygens (including phenoxy) is 1. The number of hydrogen-bond donors (Lipinski definition) is 2. The molecule has 5 rings (SSSR count). The Morgan fingerprint density at radius 1 is 1.12 bits per heavy atom. The van der Waals surface area contributed by atoms with Gasteiger partial charge in [0.15, 0.2) is 0 Å². The highest BCUT2D eigenvalue weighted by molar-refractivity contribution is 5.28. The second-order valence-electron chi connectivity index (χ2n) is 9.83. The third-order valence-electron chi connectivity index (χ3n) is 9.24. The van der Waals surface area contributed by atoms with Crippen LogP contribution in [0.25, 0.3) is 0 Å². The van der Waals surface area contributed by atoms with Crippen LogP contribution in [0.15, 0.2) is 11.6 Å². The van der Waals surface area contributed by atoms with Crippen LogP contribution in [0.2, 0.25) is 0 Å². The van der Waals surface area contributed by atoms with Crippen molar-refractivity contribution in [2.45, 2.75) is 83.0 Å². The minimum absolute atomic E-state index is 0.00889. The molecule has 5 aliphatic rings. The van der Waals surface area contributed by atoms with Gasteiger partial charge in [-0.3, -0.25) is 0 Å². The van der Waals surface area contributed by atoms with Gasteiger partial charge in [-0.15, -0.1) is 0 Å². The summed E-state index contributed by atoms with van der Waals surface area (Å²) < 4.78 is 6.11. The van der Waals surface area contributed by atoms with E-state index in [0.29, 0.717) is 5.41 Å². The van der Waals surface area contributed by atoms with Gasteiger partial charge < -0.3 is 14.9 Å². The highest BCUT2D eigenvalue weighted by Gasteiger charge is 2.74. The average Bonchev–Trinajstić information content (AvgIpc) is 3.21. The Labute approximate surface area is 145 Å². The maximum absolute atomic E-state index is 10.1. The minimum Gasteiger partial charge on any atom is -0.394 e. The fourth-order valence-corrected chi connectivity index (χ4v) is 7.80. The lowest BCUT2D eigenvalue weighted by Gasteiger charge is -2.57. The average molecular weight is 332 g/mol. The highest BCUT2D eigenvalue weighted by atomic mass is 16.6. The highest BCUT2D eigenvalue weighted by Crippen LogP contribution is 2.72. The normalized spacial score (nSPS) is 58.7. The van der Waals surface area contributed by atoms with Crippen molar-refractivity contribution in [1.29, 1.82) is 0 Å². The zero-order chi connectivity index (χ0) is 16.7. The van der Waals surface area contributed by atoms with Crippen molar-refractivity contribution in [2.75, 3.05) is 6.61 Å². The molecule has 0 aromatic carbocycles. The Kier molecular flexibility index (Phi) is 3.21. The number of rotatable bonds is 1. The van der Waals surface area contributed by atoms with Crippen molar-refractivity contribution in [2.24, 2.45) is 28.6 Å². The van der Waals surface area contributed by atoms with Gasteiger partial charge in [0.25, 0.3) is 0 Å². The Morgan fingerprint density at radius 3 is 2.67 bits per heavy atom. The maximum Gasteiger partial charge on any atom is 0.111 e. The largest absolute Gasteiger partial charge is 0.394 e. The molecule has 3 heteroatoms. The van der Waals surface area contributed by atoms with Gasteiger partial charge in [-0.05, 0) is 74.5 Å². The molecule has 0 bridgehead atoms. The van der Waals surface area contributed by atoms with Crippen LogP contribution < -0.4 is 0 Å². The second kappa shape index (κ2) is 4.86. The summed E-state index contributed by atoms with van der Waals surface area (Å²) in [6.07, 6.45) is 11.7. The standard InChI is InChI=1S/C21H32O3/c1-19-8-5-14(23)11-13(19)3-4-15-16(19)6-9-20(2)17(15)7-10-21(20)18(12-22)24-21/h3,14-18,22-23H,4-12H2,1-2H3/t14-,15+,16-,17-,18+,19-,20-,21+/m0/s1. The number of hydrogen-bond acceptors (Lipinski definition) is 3. The maximum atomic E-state index is 10.1. The van der Waals surface area contributed by atoms with Gasteiger partial charge in [0.2, 0.25) is 0 Å². The van der Waals surface area contributed by atoms with Gasteiger partial charge in [-0.25, -0.2) is 0 Å². The third-order valence-corrected chi connectivity index (χ3v) is 9.24. The lowest BCUT2D eigenvalue weighted by atomic mass is 9.47. The van der Waals surface area contributed by atoms with Crippen LogP contribution in [0.3, 0.4) is 0 Å². The zero-order valence-electron chi connectivity index (χ0n) is 15.1. The van der Waals surface area contributed by atoms with E-state index < -0.39 is 0 Å². The molecule has 0 aromatic heterocycles. The van der Waals surface area contributed by atoms with Gasteiger partial charge in [0, 0.05) is 5.41 Å². The van der Waals surface area contributed by atoms with Crippen molar-refractivity contribution in [3.63, 3.8) is 0 Å². The molecule has 1 heterocycles. The number of aliphatic hydroxyl groups excluding tert-OH is 2. The van der Waals surface area contributed by atoms with E-state index in [0.717, 1.165) is 43.4 Å². The summed E-state index contributed by atoms with van der Waals surface area (Å²) in [6.45, 7) is 5.14. The molecule has 8 atom stereocenters. The summed E-state index contributed by atoms with van der Waals surface area (Å²) in [4.78, 5) is 0. The van der Waals surface area contributed by atoms with Gasteiger partial charge in [-0.2, -0.15) is 0 Å². The second-order valence-corrected chi connectivity index (χ2v) is 9.83. The molecule has 0 unspecified atom stereocenters. The fraction of sp³-hybridized carbons (Fsp3) is 0.905. The lowest BCUT2D eigenvalue weighted by Crippen LogP contribution is -2.52. The van der Waals surface area contributed by atoms with E-state index in [9.17, 15) is 10.2 Å². The summed E-state index contributed by atoms with van der Waals surface area (Å²) in [5.74, 6) is 2.30. The topological polar surface area (TPSA) is 53.0 Å². The number of allylic oxidation sites excluding steroid dienone is 1. The van der Waals surface area contributed by atoms with Crippen LogP contribution in [0.1, 0.15) is 65.2 Å². The van der Waals surface area contributed by atoms with E-state index in [1.165, 1.54) is 25.7 Å². The molecule has 24 heavy (non-hydrogen) atoms. The first-order valence-electron chi connectivity index (χ1n) is 10.1. The summed E-state index contributed by atoms with van der Waals surface area (Å²) in [6, 6.07) is 0. The SMILES string of the molecule is C[C@]12CC[C@H](O)CC1=CC[C@@H]1[C@@H]2CC[C@@]2(C)[C@H]1CC[C@]21O[C@@H]1CO. The van der Waals surface area contributed by atoms with Crippen LogP contribution in [-0.4, -0.2) is 34.6 Å². The number of epoxide rings is 1. The first-order valence-corrected chi connectivity index (χ1v) is 10.1. The molecular weight excluding hydrogens is 300 g/mol. The molecule has 4 fully saturated rings. The molecular formula is C21H32O3. The Bertz CT molecular complexity index is 586. The summed E-state index contributed by atoms with van der Waals surface area (Å²) >= 11 is 0. The molecule has 0 amide bonds. The van der Waals surface area contributed by atoms with E-state index in [1.807, 2.05) is 0 Å². The molecule has 134 valence electrons. The van der Waals surface area contributed by atoms with Gasteiger partial charge in [0.1, 0.15) is 11.7 Å². The number of aliphatic hydroxyl groups is 2.